The summed E-state index contributed by atoms with van der Waals surface area (Å²) in [5, 5.41) is 28.1. The van der Waals surface area contributed by atoms with Crippen LogP contribution in [-0.4, -0.2) is 34.5 Å². The molecule has 7 nitrogen and oxygen atoms in total. The van der Waals surface area contributed by atoms with Gasteiger partial charge in [-0.05, 0) is 17.7 Å². The summed E-state index contributed by atoms with van der Waals surface area (Å²) in [5.41, 5.74) is 6.08. The van der Waals surface area contributed by atoms with Crippen LogP contribution in [-0.2, 0) is 11.3 Å². The molecular formula is C10H14N2O5. The first-order valence-electron chi connectivity index (χ1n) is 4.94. The Morgan fingerprint density at radius 3 is 2.76 bits per heavy atom. The van der Waals surface area contributed by atoms with Crippen LogP contribution >= 0.6 is 0 Å². The monoisotopic (exact) mass is 242 g/mol. The maximum atomic E-state index is 10.5. The van der Waals surface area contributed by atoms with Crippen LogP contribution in [0.1, 0.15) is 5.56 Å². The fourth-order valence-electron chi connectivity index (χ4n) is 1.23. The Morgan fingerprint density at radius 2 is 2.24 bits per heavy atom. The summed E-state index contributed by atoms with van der Waals surface area (Å²) in [5.74, 6) is 0. The zero-order chi connectivity index (χ0) is 12.8. The summed E-state index contributed by atoms with van der Waals surface area (Å²) in [7, 11) is 0. The fourth-order valence-corrected chi connectivity index (χ4v) is 1.23. The van der Waals surface area contributed by atoms with Gasteiger partial charge in [0.1, 0.15) is 11.8 Å². The first-order valence-corrected chi connectivity index (χ1v) is 4.94. The lowest BCUT2D eigenvalue weighted by Gasteiger charge is -2.08. The Hall–Kier alpha value is -1.70. The maximum Gasteiger partial charge on any atom is 0.292 e. The van der Waals surface area contributed by atoms with E-state index < -0.39 is 11.0 Å². The number of benzene rings is 1. The molecule has 7 heteroatoms. The number of hydrogen-bond acceptors (Lipinski definition) is 6. The molecule has 0 radical (unpaired) electrons. The number of ether oxygens (including phenoxy) is 1. The molecule has 1 aromatic rings. The lowest BCUT2D eigenvalue weighted by molar-refractivity contribution is -0.383. The Bertz CT molecular complexity index is 396. The highest BCUT2D eigenvalue weighted by Gasteiger charge is 2.11. The number of rotatable bonds is 6. The average molecular weight is 242 g/mol. The summed E-state index contributed by atoms with van der Waals surface area (Å²) in [4.78, 5) is 9.95. The van der Waals surface area contributed by atoms with Gasteiger partial charge >= 0.3 is 0 Å². The number of aliphatic hydroxyl groups excluding tert-OH is 2. The summed E-state index contributed by atoms with van der Waals surface area (Å²) in [6, 6.07) is 4.28. The molecule has 0 spiro atoms. The van der Waals surface area contributed by atoms with Gasteiger partial charge in [-0.3, -0.25) is 10.1 Å². The number of nitrogens with two attached hydrogens (primary N) is 1. The highest BCUT2D eigenvalue weighted by atomic mass is 16.6. The van der Waals surface area contributed by atoms with Crippen LogP contribution in [0.4, 0.5) is 11.4 Å². The molecule has 0 bridgehead atoms. The van der Waals surface area contributed by atoms with E-state index in [-0.39, 0.29) is 31.2 Å². The van der Waals surface area contributed by atoms with E-state index >= 15 is 0 Å². The van der Waals surface area contributed by atoms with Gasteiger partial charge < -0.3 is 20.7 Å². The molecular weight excluding hydrogens is 228 g/mol. The predicted molar refractivity (Wildman–Crippen MR) is 60.3 cm³/mol. The molecule has 1 rings (SSSR count). The smallest absolute Gasteiger partial charge is 0.292 e. The van der Waals surface area contributed by atoms with E-state index in [4.69, 9.17) is 20.7 Å². The third kappa shape index (κ3) is 3.99. The van der Waals surface area contributed by atoms with Crippen LogP contribution in [0.25, 0.3) is 0 Å². The summed E-state index contributed by atoms with van der Waals surface area (Å²) < 4.78 is 5.09. The molecule has 0 saturated carbocycles. The number of nitrogens with zero attached hydrogens (tertiary/aromatic N) is 1. The molecule has 94 valence electrons. The number of aliphatic hydroxyl groups is 2. The second-order valence-electron chi connectivity index (χ2n) is 3.50. The molecule has 0 amide bonds. The van der Waals surface area contributed by atoms with Crippen molar-refractivity contribution in [2.75, 3.05) is 18.9 Å². The van der Waals surface area contributed by atoms with Gasteiger partial charge in [0.2, 0.25) is 0 Å². The first-order chi connectivity index (χ1) is 8.04. The SMILES string of the molecule is Nc1cc(COCC(O)CO)ccc1[N+](=O)[O-]. The summed E-state index contributed by atoms with van der Waals surface area (Å²) in [6.45, 7) is -0.213. The van der Waals surface area contributed by atoms with Crippen LogP contribution in [0.2, 0.25) is 0 Å². The first kappa shape index (κ1) is 13.4. The predicted octanol–water partition coefficient (Wildman–Crippen LogP) is 0.0468. The molecule has 17 heavy (non-hydrogen) atoms. The minimum atomic E-state index is -0.926. The van der Waals surface area contributed by atoms with E-state index in [1.807, 2.05) is 0 Å². The van der Waals surface area contributed by atoms with Crippen LogP contribution in [0.5, 0.6) is 0 Å². The van der Waals surface area contributed by atoms with E-state index in [0.717, 1.165) is 0 Å². The second kappa shape index (κ2) is 6.14. The van der Waals surface area contributed by atoms with Crippen LogP contribution in [0.15, 0.2) is 18.2 Å². The van der Waals surface area contributed by atoms with E-state index in [9.17, 15) is 10.1 Å². The minimum absolute atomic E-state index is 0.00656. The molecule has 0 heterocycles. The molecule has 0 aliphatic heterocycles. The highest BCUT2D eigenvalue weighted by molar-refractivity contribution is 5.59. The van der Waals surface area contributed by atoms with Crippen LogP contribution < -0.4 is 5.73 Å². The second-order valence-corrected chi connectivity index (χ2v) is 3.50. The van der Waals surface area contributed by atoms with Crippen molar-refractivity contribution in [3.05, 3.63) is 33.9 Å². The van der Waals surface area contributed by atoms with Gasteiger partial charge in [-0.1, -0.05) is 0 Å². The lowest BCUT2D eigenvalue weighted by Crippen LogP contribution is -2.19. The van der Waals surface area contributed by atoms with E-state index in [1.165, 1.54) is 18.2 Å². The van der Waals surface area contributed by atoms with Crippen molar-refractivity contribution in [2.24, 2.45) is 0 Å². The Kier molecular flexibility index (Phi) is 4.83. The number of nitro benzene ring substituents is 1. The Balaban J connectivity index is 2.56. The minimum Gasteiger partial charge on any atom is -0.394 e. The molecule has 0 aliphatic rings. The molecule has 0 saturated heterocycles. The number of hydrogen-bond donors (Lipinski definition) is 3. The molecule has 0 fully saturated rings. The summed E-state index contributed by atoms with van der Waals surface area (Å²) >= 11 is 0. The van der Waals surface area contributed by atoms with Gasteiger partial charge in [-0.2, -0.15) is 0 Å². The average Bonchev–Trinajstić information content (AvgIpc) is 2.28. The quantitative estimate of drug-likeness (QED) is 0.368. The molecule has 1 atom stereocenters. The van der Waals surface area contributed by atoms with Gasteiger partial charge in [0, 0.05) is 6.07 Å². The third-order valence-corrected chi connectivity index (χ3v) is 2.08. The van der Waals surface area contributed by atoms with Crippen molar-refractivity contribution in [1.82, 2.24) is 0 Å². The molecule has 1 unspecified atom stereocenters. The Labute approximate surface area is 97.6 Å². The van der Waals surface area contributed by atoms with Gasteiger partial charge in [-0.25, -0.2) is 0 Å². The molecule has 4 N–H and O–H groups in total. The van der Waals surface area contributed by atoms with E-state index in [0.29, 0.717) is 5.56 Å². The van der Waals surface area contributed by atoms with Crippen molar-refractivity contribution in [3.63, 3.8) is 0 Å². The van der Waals surface area contributed by atoms with Gasteiger partial charge in [-0.15, -0.1) is 0 Å². The number of nitrogen functional groups attached to an aromatic ring is 1. The molecule has 0 aliphatic carbocycles. The van der Waals surface area contributed by atoms with Gasteiger partial charge in [0.15, 0.2) is 0 Å². The van der Waals surface area contributed by atoms with Crippen molar-refractivity contribution < 1.29 is 19.9 Å². The van der Waals surface area contributed by atoms with Crippen molar-refractivity contribution in [3.8, 4) is 0 Å². The van der Waals surface area contributed by atoms with Crippen molar-refractivity contribution >= 4 is 11.4 Å². The fraction of sp³-hybridized carbons (Fsp3) is 0.400. The Morgan fingerprint density at radius 1 is 1.53 bits per heavy atom. The van der Waals surface area contributed by atoms with Gasteiger partial charge in [0.25, 0.3) is 5.69 Å². The standard InChI is InChI=1S/C10H14N2O5/c11-9-3-7(1-2-10(9)12(15)16)5-17-6-8(14)4-13/h1-3,8,13-14H,4-6,11H2. The van der Waals surface area contributed by atoms with Crippen molar-refractivity contribution in [1.29, 1.82) is 0 Å². The third-order valence-electron chi connectivity index (χ3n) is 2.08. The normalized spacial score (nSPS) is 12.4. The number of nitro groups is 1. The zero-order valence-electron chi connectivity index (χ0n) is 9.07. The van der Waals surface area contributed by atoms with Crippen LogP contribution in [0, 0.1) is 10.1 Å². The highest BCUT2D eigenvalue weighted by Crippen LogP contribution is 2.22. The molecule has 0 aromatic heterocycles. The number of anilines is 1. The van der Waals surface area contributed by atoms with Crippen LogP contribution in [0.3, 0.4) is 0 Å². The van der Waals surface area contributed by atoms with E-state index in [1.54, 1.807) is 0 Å². The lowest BCUT2D eigenvalue weighted by atomic mass is 10.2. The zero-order valence-corrected chi connectivity index (χ0v) is 9.07. The van der Waals surface area contributed by atoms with Gasteiger partial charge in [0.05, 0.1) is 24.7 Å². The molecule has 1 aromatic carbocycles. The van der Waals surface area contributed by atoms with Crippen molar-refractivity contribution in [2.45, 2.75) is 12.7 Å². The summed E-state index contributed by atoms with van der Waals surface area (Å²) in [6.07, 6.45) is -0.926. The topological polar surface area (TPSA) is 119 Å². The maximum absolute atomic E-state index is 10.5. The largest absolute Gasteiger partial charge is 0.394 e. The van der Waals surface area contributed by atoms with E-state index in [2.05, 4.69) is 0 Å².